The molecule has 0 bridgehead atoms. The zero-order chi connectivity index (χ0) is 20.4. The second-order valence-electron chi connectivity index (χ2n) is 6.79. The van der Waals surface area contributed by atoms with Crippen LogP contribution in [0.4, 0.5) is 11.4 Å². The molecule has 0 amide bonds. The van der Waals surface area contributed by atoms with Gasteiger partial charge in [-0.2, -0.15) is 5.10 Å². The number of sulfonamides is 1. The maximum Gasteiger partial charge on any atom is 0.337 e. The van der Waals surface area contributed by atoms with E-state index in [1.807, 2.05) is 18.2 Å². The highest BCUT2D eigenvalue weighted by atomic mass is 32.2. The summed E-state index contributed by atoms with van der Waals surface area (Å²) in [5.41, 5.74) is 1.43. The summed E-state index contributed by atoms with van der Waals surface area (Å²) in [4.78, 5) is 13.8. The minimum absolute atomic E-state index is 0.0212. The molecule has 150 valence electrons. The van der Waals surface area contributed by atoms with Crippen molar-refractivity contribution in [3.05, 3.63) is 66.5 Å². The lowest BCUT2D eigenvalue weighted by Gasteiger charge is -2.19. The molecule has 4 rings (SSSR count). The molecule has 8 nitrogen and oxygen atoms in total. The topological polar surface area (TPSA) is 105 Å². The Bertz CT molecular complexity index is 1140. The second-order valence-corrected chi connectivity index (χ2v) is 8.47. The molecule has 1 aliphatic heterocycles. The van der Waals surface area contributed by atoms with E-state index in [2.05, 4.69) is 14.7 Å². The number of nitrogens with zero attached hydrogens (tertiary/aromatic N) is 3. The fourth-order valence-corrected chi connectivity index (χ4v) is 4.35. The Morgan fingerprint density at radius 1 is 1.03 bits per heavy atom. The summed E-state index contributed by atoms with van der Waals surface area (Å²) in [6, 6.07) is 13.9. The SMILES string of the molecule is O=C(O)c1cc(N2CCCC2)ccc1NS(=O)(=O)c1cnn(-c2ccccc2)c1. The zero-order valence-corrected chi connectivity index (χ0v) is 16.3. The molecule has 2 N–H and O–H groups in total. The molecule has 1 saturated heterocycles. The first-order chi connectivity index (χ1) is 13.9. The molecule has 9 heteroatoms. The molecule has 1 aromatic heterocycles. The highest BCUT2D eigenvalue weighted by molar-refractivity contribution is 7.92. The third-order valence-corrected chi connectivity index (χ3v) is 6.16. The standard InChI is InChI=1S/C20H20N4O4S/c25-20(26)18-12-16(23-10-4-5-11-23)8-9-19(18)22-29(27,28)17-13-21-24(14-17)15-6-2-1-3-7-15/h1-3,6-9,12-14,22H,4-5,10-11H2,(H,25,26). The van der Waals surface area contributed by atoms with Crippen LogP contribution >= 0.6 is 0 Å². The van der Waals surface area contributed by atoms with Crippen molar-refractivity contribution in [2.45, 2.75) is 17.7 Å². The van der Waals surface area contributed by atoms with Gasteiger partial charge < -0.3 is 10.0 Å². The molecule has 0 saturated carbocycles. The predicted molar refractivity (Wildman–Crippen MR) is 109 cm³/mol. The number of anilines is 2. The summed E-state index contributed by atoms with van der Waals surface area (Å²) in [5.74, 6) is -1.19. The lowest BCUT2D eigenvalue weighted by molar-refractivity contribution is 0.0698. The minimum Gasteiger partial charge on any atom is -0.478 e. The van der Waals surface area contributed by atoms with Crippen LogP contribution in [0.3, 0.4) is 0 Å². The van der Waals surface area contributed by atoms with Gasteiger partial charge in [0.05, 0.1) is 29.3 Å². The van der Waals surface area contributed by atoms with Crippen LogP contribution in [-0.4, -0.2) is 42.4 Å². The van der Waals surface area contributed by atoms with Gasteiger partial charge in [0.15, 0.2) is 0 Å². The van der Waals surface area contributed by atoms with Gasteiger partial charge in [-0.15, -0.1) is 0 Å². The number of hydrogen-bond donors (Lipinski definition) is 2. The van der Waals surface area contributed by atoms with Crippen molar-refractivity contribution in [3.8, 4) is 5.69 Å². The lowest BCUT2D eigenvalue weighted by Crippen LogP contribution is -2.19. The molecule has 2 aromatic carbocycles. The van der Waals surface area contributed by atoms with Gasteiger partial charge in [-0.05, 0) is 43.2 Å². The number of hydrogen-bond acceptors (Lipinski definition) is 5. The van der Waals surface area contributed by atoms with E-state index >= 15 is 0 Å². The van der Waals surface area contributed by atoms with E-state index in [-0.39, 0.29) is 16.1 Å². The predicted octanol–water partition coefficient (Wildman–Crippen LogP) is 2.97. The average molecular weight is 412 g/mol. The van der Waals surface area contributed by atoms with Crippen LogP contribution in [0.25, 0.3) is 5.69 Å². The molecule has 0 radical (unpaired) electrons. The van der Waals surface area contributed by atoms with Crippen molar-refractivity contribution in [3.63, 3.8) is 0 Å². The van der Waals surface area contributed by atoms with E-state index in [9.17, 15) is 18.3 Å². The highest BCUT2D eigenvalue weighted by Crippen LogP contribution is 2.28. The number of aromatic nitrogens is 2. The summed E-state index contributed by atoms with van der Waals surface area (Å²) in [6.07, 6.45) is 4.73. The molecule has 29 heavy (non-hydrogen) atoms. The van der Waals surface area contributed by atoms with Crippen LogP contribution in [0.2, 0.25) is 0 Å². The fourth-order valence-electron chi connectivity index (χ4n) is 3.34. The van der Waals surface area contributed by atoms with Crippen LogP contribution in [0.1, 0.15) is 23.2 Å². The Hall–Kier alpha value is -3.33. The molecular formula is C20H20N4O4S. The Kier molecular flexibility index (Phi) is 4.98. The molecular weight excluding hydrogens is 392 g/mol. The first-order valence-electron chi connectivity index (χ1n) is 9.19. The lowest BCUT2D eigenvalue weighted by atomic mass is 10.1. The number of carboxylic acid groups (broad SMARTS) is 1. The van der Waals surface area contributed by atoms with Crippen molar-refractivity contribution in [1.29, 1.82) is 0 Å². The maximum absolute atomic E-state index is 12.8. The Morgan fingerprint density at radius 3 is 2.45 bits per heavy atom. The van der Waals surface area contributed by atoms with Crippen molar-refractivity contribution >= 4 is 27.4 Å². The highest BCUT2D eigenvalue weighted by Gasteiger charge is 2.22. The fraction of sp³-hybridized carbons (Fsp3) is 0.200. The quantitative estimate of drug-likeness (QED) is 0.645. The third kappa shape index (κ3) is 3.95. The van der Waals surface area contributed by atoms with Crippen LogP contribution in [-0.2, 0) is 10.0 Å². The smallest absolute Gasteiger partial charge is 0.337 e. The number of nitrogens with one attached hydrogen (secondary N) is 1. The molecule has 0 spiro atoms. The van der Waals surface area contributed by atoms with Crippen LogP contribution in [0.5, 0.6) is 0 Å². The number of carboxylic acids is 1. The molecule has 1 fully saturated rings. The van der Waals surface area contributed by atoms with Crippen LogP contribution in [0, 0.1) is 0 Å². The number of carbonyl (C=O) groups is 1. The normalized spacial score (nSPS) is 14.1. The summed E-state index contributed by atoms with van der Waals surface area (Å²) in [6.45, 7) is 1.73. The van der Waals surface area contributed by atoms with Gasteiger partial charge in [0.25, 0.3) is 10.0 Å². The summed E-state index contributed by atoms with van der Waals surface area (Å²) in [7, 11) is -4.00. The molecule has 3 aromatic rings. The Labute approximate surface area is 168 Å². The van der Waals surface area contributed by atoms with Gasteiger partial charge >= 0.3 is 5.97 Å². The Morgan fingerprint density at radius 2 is 1.76 bits per heavy atom. The van der Waals surface area contributed by atoms with Gasteiger partial charge in [-0.3, -0.25) is 4.72 Å². The van der Waals surface area contributed by atoms with Crippen molar-refractivity contribution < 1.29 is 18.3 Å². The van der Waals surface area contributed by atoms with Crippen LogP contribution < -0.4 is 9.62 Å². The molecule has 1 aliphatic rings. The van der Waals surface area contributed by atoms with E-state index in [0.29, 0.717) is 0 Å². The van der Waals surface area contributed by atoms with Gasteiger partial charge in [0.2, 0.25) is 0 Å². The van der Waals surface area contributed by atoms with Gasteiger partial charge in [-0.25, -0.2) is 17.9 Å². The number of benzene rings is 2. The van der Waals surface area contributed by atoms with E-state index in [0.717, 1.165) is 37.3 Å². The monoisotopic (exact) mass is 412 g/mol. The number of rotatable bonds is 6. The van der Waals surface area contributed by atoms with Gasteiger partial charge in [0, 0.05) is 18.8 Å². The first kappa shape index (κ1) is 19.0. The summed E-state index contributed by atoms with van der Waals surface area (Å²) >= 11 is 0. The molecule has 0 unspecified atom stereocenters. The molecule has 0 atom stereocenters. The molecule has 2 heterocycles. The van der Waals surface area contributed by atoms with Gasteiger partial charge in [0.1, 0.15) is 4.90 Å². The number of para-hydroxylation sites is 1. The number of aromatic carboxylic acids is 1. The van der Waals surface area contributed by atoms with E-state index in [4.69, 9.17) is 0 Å². The average Bonchev–Trinajstić information content (AvgIpc) is 3.41. The van der Waals surface area contributed by atoms with Crippen LogP contribution in [0.15, 0.2) is 65.8 Å². The van der Waals surface area contributed by atoms with E-state index in [1.54, 1.807) is 18.2 Å². The Balaban J connectivity index is 1.62. The van der Waals surface area contributed by atoms with Crippen molar-refractivity contribution in [1.82, 2.24) is 9.78 Å². The van der Waals surface area contributed by atoms with Crippen molar-refractivity contribution in [2.75, 3.05) is 22.7 Å². The zero-order valence-electron chi connectivity index (χ0n) is 15.5. The third-order valence-electron chi connectivity index (χ3n) is 4.84. The minimum atomic E-state index is -4.00. The first-order valence-corrected chi connectivity index (χ1v) is 10.7. The maximum atomic E-state index is 12.8. The second kappa shape index (κ2) is 7.59. The van der Waals surface area contributed by atoms with E-state index in [1.165, 1.54) is 29.2 Å². The summed E-state index contributed by atoms with van der Waals surface area (Å²) in [5, 5.41) is 13.7. The van der Waals surface area contributed by atoms with E-state index < -0.39 is 16.0 Å². The summed E-state index contributed by atoms with van der Waals surface area (Å²) < 4.78 is 29.4. The van der Waals surface area contributed by atoms with Crippen molar-refractivity contribution in [2.24, 2.45) is 0 Å². The molecule has 0 aliphatic carbocycles. The van der Waals surface area contributed by atoms with Gasteiger partial charge in [-0.1, -0.05) is 18.2 Å². The largest absolute Gasteiger partial charge is 0.478 e.